The molecule has 0 unspecified atom stereocenters. The van der Waals surface area contributed by atoms with E-state index in [2.05, 4.69) is 5.32 Å². The van der Waals surface area contributed by atoms with Gasteiger partial charge in [0.25, 0.3) is 0 Å². The van der Waals surface area contributed by atoms with Crippen LogP contribution in [-0.4, -0.2) is 24.5 Å². The van der Waals surface area contributed by atoms with Crippen LogP contribution in [0.4, 0.5) is 5.69 Å². The summed E-state index contributed by atoms with van der Waals surface area (Å²) in [5.74, 6) is -0.727. The van der Waals surface area contributed by atoms with Gasteiger partial charge in [0.15, 0.2) is 0 Å². The molecule has 0 spiro atoms. The minimum absolute atomic E-state index is 0.306. The Kier molecular flexibility index (Phi) is 6.68. The summed E-state index contributed by atoms with van der Waals surface area (Å²) >= 11 is 0. The van der Waals surface area contributed by atoms with Gasteiger partial charge in [0, 0.05) is 18.7 Å². The molecule has 1 N–H and O–H groups in total. The van der Waals surface area contributed by atoms with Crippen LogP contribution >= 0.6 is 0 Å². The highest BCUT2D eigenvalue weighted by Crippen LogP contribution is 2.15. The van der Waals surface area contributed by atoms with Crippen molar-refractivity contribution in [1.29, 1.82) is 0 Å². The van der Waals surface area contributed by atoms with Crippen molar-refractivity contribution >= 4 is 29.6 Å². The van der Waals surface area contributed by atoms with E-state index < -0.39 is 11.9 Å². The van der Waals surface area contributed by atoms with Crippen LogP contribution in [0.5, 0.6) is 5.75 Å². The number of carbonyl (C=O) groups is 3. The fourth-order valence-corrected chi connectivity index (χ4v) is 2.11. The van der Waals surface area contributed by atoms with E-state index in [-0.39, 0.29) is 5.91 Å². The summed E-state index contributed by atoms with van der Waals surface area (Å²) in [5, 5.41) is 2.69. The van der Waals surface area contributed by atoms with Crippen LogP contribution in [-0.2, 0) is 14.3 Å². The summed E-state index contributed by atoms with van der Waals surface area (Å²) in [6.07, 6.45) is 2.97. The van der Waals surface area contributed by atoms with Gasteiger partial charge in [-0.05, 0) is 55.0 Å². The molecular formula is C20H19NO5. The molecule has 2 aromatic rings. The largest absolute Gasteiger partial charge is 0.462 e. The molecule has 0 aliphatic rings. The van der Waals surface area contributed by atoms with Gasteiger partial charge < -0.3 is 14.8 Å². The molecule has 134 valence electrons. The minimum Gasteiger partial charge on any atom is -0.462 e. The lowest BCUT2D eigenvalue weighted by Crippen LogP contribution is -2.08. The molecule has 0 aromatic heterocycles. The first kappa shape index (κ1) is 18.9. The van der Waals surface area contributed by atoms with E-state index in [4.69, 9.17) is 9.47 Å². The van der Waals surface area contributed by atoms with Crippen molar-refractivity contribution in [2.45, 2.75) is 13.8 Å². The second-order valence-corrected chi connectivity index (χ2v) is 5.29. The van der Waals surface area contributed by atoms with Crippen LogP contribution in [0.1, 0.15) is 29.8 Å². The number of ether oxygens (including phenoxy) is 2. The normalized spacial score (nSPS) is 10.4. The molecule has 1 amide bonds. The highest BCUT2D eigenvalue weighted by molar-refractivity contribution is 6.02. The summed E-state index contributed by atoms with van der Waals surface area (Å²) < 4.78 is 9.90. The summed E-state index contributed by atoms with van der Waals surface area (Å²) in [5.41, 5.74) is 1.69. The zero-order chi connectivity index (χ0) is 18.9. The first-order valence-electron chi connectivity index (χ1n) is 8.02. The zero-order valence-electron chi connectivity index (χ0n) is 14.5. The number of nitrogens with one attached hydrogen (secondary N) is 1. The van der Waals surface area contributed by atoms with E-state index in [1.807, 2.05) is 0 Å². The highest BCUT2D eigenvalue weighted by Gasteiger charge is 2.06. The van der Waals surface area contributed by atoms with E-state index in [0.717, 1.165) is 5.56 Å². The lowest BCUT2D eigenvalue weighted by molar-refractivity contribution is -0.131. The van der Waals surface area contributed by atoms with Gasteiger partial charge in [0.2, 0.25) is 5.91 Å². The number of carbonyl (C=O) groups excluding carboxylic acids is 3. The number of esters is 2. The Bertz CT molecular complexity index is 824. The van der Waals surface area contributed by atoms with Gasteiger partial charge in [-0.25, -0.2) is 4.79 Å². The highest BCUT2D eigenvalue weighted by atomic mass is 16.5. The average molecular weight is 353 g/mol. The van der Waals surface area contributed by atoms with Crippen LogP contribution in [0, 0.1) is 0 Å². The van der Waals surface area contributed by atoms with Crippen molar-refractivity contribution < 1.29 is 23.9 Å². The lowest BCUT2D eigenvalue weighted by Gasteiger charge is -2.05. The Labute approximate surface area is 151 Å². The van der Waals surface area contributed by atoms with Crippen LogP contribution in [0.2, 0.25) is 0 Å². The molecule has 0 bridgehead atoms. The van der Waals surface area contributed by atoms with Crippen molar-refractivity contribution in [3.05, 3.63) is 65.7 Å². The molecule has 0 aliphatic carbocycles. The SMILES string of the molecule is CCOC(=O)c1ccc(NC(=O)/C=C/c2cccc(OC(C)=O)c2)cc1. The minimum atomic E-state index is -0.407. The summed E-state index contributed by atoms with van der Waals surface area (Å²) in [6, 6.07) is 13.2. The molecule has 0 atom stereocenters. The standard InChI is InChI=1S/C20H19NO5/c1-3-25-20(24)16-8-10-17(11-9-16)21-19(23)12-7-15-5-4-6-18(13-15)26-14(2)22/h4-13H,3H2,1-2H3,(H,21,23)/b12-7+. The fraction of sp³-hybridized carbons (Fsp3) is 0.150. The number of hydrogen-bond donors (Lipinski definition) is 1. The molecule has 6 nitrogen and oxygen atoms in total. The molecule has 0 fully saturated rings. The Morgan fingerprint density at radius 3 is 2.46 bits per heavy atom. The first-order valence-corrected chi connectivity index (χ1v) is 8.02. The predicted molar refractivity (Wildman–Crippen MR) is 97.8 cm³/mol. The second-order valence-electron chi connectivity index (χ2n) is 5.29. The molecule has 2 rings (SSSR count). The fourth-order valence-electron chi connectivity index (χ4n) is 2.11. The summed E-state index contributed by atoms with van der Waals surface area (Å²) in [4.78, 5) is 34.5. The van der Waals surface area contributed by atoms with Crippen molar-refractivity contribution in [2.24, 2.45) is 0 Å². The number of anilines is 1. The third-order valence-electron chi connectivity index (χ3n) is 3.21. The molecular weight excluding hydrogens is 334 g/mol. The smallest absolute Gasteiger partial charge is 0.338 e. The average Bonchev–Trinajstić information content (AvgIpc) is 2.60. The van der Waals surface area contributed by atoms with Crippen LogP contribution < -0.4 is 10.1 Å². The monoisotopic (exact) mass is 353 g/mol. The zero-order valence-corrected chi connectivity index (χ0v) is 14.5. The molecule has 0 aliphatic heterocycles. The van der Waals surface area contributed by atoms with Crippen molar-refractivity contribution in [3.63, 3.8) is 0 Å². The quantitative estimate of drug-likeness (QED) is 0.489. The van der Waals surface area contributed by atoms with Crippen LogP contribution in [0.25, 0.3) is 6.08 Å². The van der Waals surface area contributed by atoms with Gasteiger partial charge in [-0.2, -0.15) is 0 Å². The second kappa shape index (κ2) is 9.17. The Morgan fingerprint density at radius 2 is 1.81 bits per heavy atom. The molecule has 0 saturated carbocycles. The predicted octanol–water partition coefficient (Wildman–Crippen LogP) is 3.44. The molecule has 0 saturated heterocycles. The number of rotatable bonds is 6. The third-order valence-corrected chi connectivity index (χ3v) is 3.21. The number of hydrogen-bond acceptors (Lipinski definition) is 5. The maximum absolute atomic E-state index is 12.0. The number of benzene rings is 2. The van der Waals surface area contributed by atoms with Crippen molar-refractivity contribution in [2.75, 3.05) is 11.9 Å². The van der Waals surface area contributed by atoms with Crippen molar-refractivity contribution in [1.82, 2.24) is 0 Å². The summed E-state index contributed by atoms with van der Waals surface area (Å²) in [6.45, 7) is 3.37. The van der Waals surface area contributed by atoms with Crippen molar-refractivity contribution in [3.8, 4) is 5.75 Å². The van der Waals surface area contributed by atoms with E-state index in [1.165, 1.54) is 13.0 Å². The summed E-state index contributed by atoms with van der Waals surface area (Å²) in [7, 11) is 0. The van der Waals surface area contributed by atoms with Gasteiger partial charge in [-0.1, -0.05) is 12.1 Å². The Morgan fingerprint density at radius 1 is 1.08 bits per heavy atom. The maximum Gasteiger partial charge on any atom is 0.338 e. The molecule has 6 heteroatoms. The Hall–Kier alpha value is -3.41. The Balaban J connectivity index is 1.97. The van der Waals surface area contributed by atoms with Gasteiger partial charge in [-0.15, -0.1) is 0 Å². The molecule has 0 heterocycles. The van der Waals surface area contributed by atoms with Crippen LogP contribution in [0.3, 0.4) is 0 Å². The third kappa shape index (κ3) is 5.90. The van der Waals surface area contributed by atoms with Gasteiger partial charge >= 0.3 is 11.9 Å². The van der Waals surface area contributed by atoms with Gasteiger partial charge in [-0.3, -0.25) is 9.59 Å². The van der Waals surface area contributed by atoms with E-state index in [9.17, 15) is 14.4 Å². The van der Waals surface area contributed by atoms with E-state index in [0.29, 0.717) is 23.6 Å². The van der Waals surface area contributed by atoms with Gasteiger partial charge in [0.05, 0.1) is 12.2 Å². The van der Waals surface area contributed by atoms with Gasteiger partial charge in [0.1, 0.15) is 5.75 Å². The molecule has 2 aromatic carbocycles. The first-order chi connectivity index (χ1) is 12.5. The lowest BCUT2D eigenvalue weighted by atomic mass is 10.2. The topological polar surface area (TPSA) is 81.7 Å². The van der Waals surface area contributed by atoms with Crippen LogP contribution in [0.15, 0.2) is 54.6 Å². The van der Waals surface area contributed by atoms with E-state index >= 15 is 0 Å². The van der Waals surface area contributed by atoms with E-state index in [1.54, 1.807) is 61.5 Å². The molecule has 26 heavy (non-hydrogen) atoms. The number of amides is 1. The maximum atomic E-state index is 12.0. The molecule has 0 radical (unpaired) electrons.